The fraction of sp³-hybridized carbons (Fsp3) is 0.714. The molecule has 5 heteroatoms. The summed E-state index contributed by atoms with van der Waals surface area (Å²) in [6, 6.07) is 0. The van der Waals surface area contributed by atoms with Gasteiger partial charge in [0.05, 0.1) is 6.61 Å². The van der Waals surface area contributed by atoms with Gasteiger partial charge in [0.1, 0.15) is 6.61 Å². The fourth-order valence-corrected chi connectivity index (χ4v) is 5.88. The lowest BCUT2D eigenvalue weighted by molar-refractivity contribution is -0.163. The number of esters is 2. The molecule has 0 heterocycles. The molecular weight excluding hydrogens is 669 g/mol. The highest BCUT2D eigenvalue weighted by molar-refractivity contribution is 5.70. The molecule has 0 aromatic carbocycles. The molecule has 1 atom stereocenters. The van der Waals surface area contributed by atoms with Gasteiger partial charge in [-0.05, 0) is 89.9 Å². The zero-order valence-electron chi connectivity index (χ0n) is 35.5. The number of carbonyl (C=O) groups excluding carboxylic acids is 2. The molecule has 0 saturated carbocycles. The predicted octanol–water partition coefficient (Wildman–Crippen LogP) is 14.8. The molecule has 0 rings (SSSR count). The van der Waals surface area contributed by atoms with Gasteiger partial charge in [0, 0.05) is 19.4 Å². The number of hydrogen-bond donors (Lipinski definition) is 0. The van der Waals surface area contributed by atoms with Crippen LogP contribution in [0.3, 0.4) is 0 Å². The first kappa shape index (κ1) is 51.3. The van der Waals surface area contributed by atoms with Crippen molar-refractivity contribution in [2.45, 2.75) is 207 Å². The van der Waals surface area contributed by atoms with Crippen molar-refractivity contribution >= 4 is 11.9 Å². The predicted molar refractivity (Wildman–Crippen MR) is 233 cm³/mol. The van der Waals surface area contributed by atoms with Crippen LogP contribution in [0.5, 0.6) is 0 Å². The minimum Gasteiger partial charge on any atom is -0.462 e. The van der Waals surface area contributed by atoms with Crippen LogP contribution in [0.1, 0.15) is 201 Å². The lowest BCUT2D eigenvalue weighted by atomic mass is 10.1. The van der Waals surface area contributed by atoms with Crippen LogP contribution in [0.4, 0.5) is 0 Å². The average Bonchev–Trinajstić information content (AvgIpc) is 3.17. The summed E-state index contributed by atoms with van der Waals surface area (Å²) in [7, 11) is 0. The minimum atomic E-state index is -0.556. The maximum atomic E-state index is 12.6. The lowest BCUT2D eigenvalue weighted by Gasteiger charge is -2.18. The normalized spacial score (nSPS) is 12.9. The molecule has 0 N–H and O–H groups in total. The van der Waals surface area contributed by atoms with Gasteiger partial charge >= 0.3 is 11.9 Å². The van der Waals surface area contributed by atoms with Crippen LogP contribution in [-0.4, -0.2) is 37.9 Å². The van der Waals surface area contributed by atoms with E-state index in [-0.39, 0.29) is 25.2 Å². The number of unbranched alkanes of at least 4 members (excludes halogenated alkanes) is 17. The van der Waals surface area contributed by atoms with Crippen LogP contribution >= 0.6 is 0 Å². The van der Waals surface area contributed by atoms with E-state index in [4.69, 9.17) is 14.2 Å². The molecule has 310 valence electrons. The van der Waals surface area contributed by atoms with Crippen LogP contribution in [0.25, 0.3) is 0 Å². The first-order valence-corrected chi connectivity index (χ1v) is 22.5. The van der Waals surface area contributed by atoms with Crippen LogP contribution in [0.2, 0.25) is 0 Å². The number of rotatable bonds is 40. The maximum Gasteiger partial charge on any atom is 0.306 e. The van der Waals surface area contributed by atoms with Gasteiger partial charge in [-0.1, -0.05) is 171 Å². The van der Waals surface area contributed by atoms with Crippen molar-refractivity contribution in [2.24, 2.45) is 0 Å². The van der Waals surface area contributed by atoms with E-state index < -0.39 is 6.10 Å². The third-order valence-corrected chi connectivity index (χ3v) is 9.23. The summed E-state index contributed by atoms with van der Waals surface area (Å²) < 4.78 is 17.2. The molecule has 0 aliphatic heterocycles. The van der Waals surface area contributed by atoms with Crippen molar-refractivity contribution in [3.63, 3.8) is 0 Å². The zero-order valence-corrected chi connectivity index (χ0v) is 35.5. The summed E-state index contributed by atoms with van der Waals surface area (Å²) in [4.78, 5) is 25.1. The van der Waals surface area contributed by atoms with Crippen molar-refractivity contribution in [2.75, 3.05) is 19.8 Å². The Labute approximate surface area is 334 Å². The highest BCUT2D eigenvalue weighted by Crippen LogP contribution is 2.12. The molecule has 0 fully saturated rings. The third kappa shape index (κ3) is 42.1. The summed E-state index contributed by atoms with van der Waals surface area (Å²) in [5, 5.41) is 0. The molecule has 0 aromatic heterocycles. The summed E-state index contributed by atoms with van der Waals surface area (Å²) in [5.41, 5.74) is 0. The maximum absolute atomic E-state index is 12.6. The lowest BCUT2D eigenvalue weighted by Crippen LogP contribution is -2.30. The smallest absolute Gasteiger partial charge is 0.306 e. The Kier molecular flexibility index (Phi) is 42.5. The molecule has 0 amide bonds. The van der Waals surface area contributed by atoms with E-state index in [0.29, 0.717) is 19.4 Å². The molecule has 0 aliphatic rings. The summed E-state index contributed by atoms with van der Waals surface area (Å²) in [6.07, 6.45) is 56.2. The number of ether oxygens (including phenoxy) is 3. The quantitative estimate of drug-likeness (QED) is 0.0354. The van der Waals surface area contributed by atoms with Crippen LogP contribution in [0.15, 0.2) is 72.9 Å². The first-order chi connectivity index (χ1) is 26.6. The zero-order chi connectivity index (χ0) is 39.3. The van der Waals surface area contributed by atoms with Crippen molar-refractivity contribution in [1.82, 2.24) is 0 Å². The van der Waals surface area contributed by atoms with E-state index in [9.17, 15) is 9.59 Å². The van der Waals surface area contributed by atoms with Crippen molar-refractivity contribution in [3.8, 4) is 0 Å². The van der Waals surface area contributed by atoms with Gasteiger partial charge in [-0.2, -0.15) is 0 Å². The fourth-order valence-electron chi connectivity index (χ4n) is 5.88. The SMILES string of the molecule is CC/C=C\C/C=C\C/C=C\C/C=C\CCCCCOCC(COC(=O)CCCCCCC/C=C\C/C=C\CCCCC)OC(=O)CCCCCCCCC. The molecule has 1 unspecified atom stereocenters. The van der Waals surface area contributed by atoms with Crippen molar-refractivity contribution < 1.29 is 23.8 Å². The van der Waals surface area contributed by atoms with E-state index in [2.05, 4.69) is 93.7 Å². The molecule has 5 nitrogen and oxygen atoms in total. The molecular formula is C49H84O5. The van der Waals surface area contributed by atoms with Gasteiger partial charge < -0.3 is 14.2 Å². The van der Waals surface area contributed by atoms with Gasteiger partial charge in [-0.15, -0.1) is 0 Å². The van der Waals surface area contributed by atoms with Crippen LogP contribution in [-0.2, 0) is 23.8 Å². The van der Waals surface area contributed by atoms with E-state index in [1.165, 1.54) is 64.2 Å². The topological polar surface area (TPSA) is 61.8 Å². The number of carbonyl (C=O) groups is 2. The Hall–Kier alpha value is -2.66. The average molecular weight is 753 g/mol. The molecule has 0 aromatic rings. The van der Waals surface area contributed by atoms with Crippen LogP contribution < -0.4 is 0 Å². The summed E-state index contributed by atoms with van der Waals surface area (Å²) in [5.74, 6) is -0.440. The molecule has 0 bridgehead atoms. The molecule has 54 heavy (non-hydrogen) atoms. The Morgan fingerprint density at radius 2 is 0.833 bits per heavy atom. The monoisotopic (exact) mass is 753 g/mol. The van der Waals surface area contributed by atoms with Gasteiger partial charge in [0.15, 0.2) is 6.10 Å². The minimum absolute atomic E-state index is 0.0632. The van der Waals surface area contributed by atoms with E-state index in [1.807, 2.05) is 0 Å². The van der Waals surface area contributed by atoms with E-state index in [1.54, 1.807) is 0 Å². The second kappa shape index (κ2) is 44.7. The summed E-state index contributed by atoms with van der Waals surface area (Å²) in [6.45, 7) is 7.56. The Morgan fingerprint density at radius 3 is 1.37 bits per heavy atom. The van der Waals surface area contributed by atoms with E-state index in [0.717, 1.165) is 103 Å². The largest absolute Gasteiger partial charge is 0.462 e. The van der Waals surface area contributed by atoms with Crippen molar-refractivity contribution in [3.05, 3.63) is 72.9 Å². The first-order valence-electron chi connectivity index (χ1n) is 22.5. The molecule has 0 radical (unpaired) electrons. The van der Waals surface area contributed by atoms with Gasteiger partial charge in [0.25, 0.3) is 0 Å². The van der Waals surface area contributed by atoms with E-state index >= 15 is 0 Å². The Balaban J connectivity index is 4.25. The summed E-state index contributed by atoms with van der Waals surface area (Å²) >= 11 is 0. The highest BCUT2D eigenvalue weighted by atomic mass is 16.6. The standard InChI is InChI=1S/C49H84O5/c1-4-7-10-13-16-18-20-22-24-26-28-30-32-35-38-41-44-52-45-47(54-49(51)43-40-37-33-15-12-9-6-3)46-53-48(50)42-39-36-34-31-29-27-25-23-21-19-17-14-11-8-5-2/h7,10,16-19,22-25,28,30,47H,4-6,8-9,11-15,20-21,26-27,29,31-46H2,1-3H3/b10-7-,18-16-,19-17-,24-22-,25-23-,30-28-. The highest BCUT2D eigenvalue weighted by Gasteiger charge is 2.17. The molecule has 0 spiro atoms. The van der Waals surface area contributed by atoms with Crippen LogP contribution in [0, 0.1) is 0 Å². The molecule has 0 aliphatic carbocycles. The van der Waals surface area contributed by atoms with Gasteiger partial charge in [0.2, 0.25) is 0 Å². The van der Waals surface area contributed by atoms with Gasteiger partial charge in [-0.3, -0.25) is 9.59 Å². The molecule has 0 saturated heterocycles. The van der Waals surface area contributed by atoms with Crippen molar-refractivity contribution in [1.29, 1.82) is 0 Å². The Bertz CT molecular complexity index is 988. The number of hydrogen-bond acceptors (Lipinski definition) is 5. The second-order valence-electron chi connectivity index (χ2n) is 14.6. The van der Waals surface area contributed by atoms with Gasteiger partial charge in [-0.25, -0.2) is 0 Å². The number of allylic oxidation sites excluding steroid dienone is 12. The second-order valence-corrected chi connectivity index (χ2v) is 14.6. The Morgan fingerprint density at radius 1 is 0.426 bits per heavy atom. The third-order valence-electron chi connectivity index (χ3n) is 9.23.